The van der Waals surface area contributed by atoms with Gasteiger partial charge in [-0.2, -0.15) is 11.3 Å². The van der Waals surface area contributed by atoms with E-state index in [2.05, 4.69) is 15.3 Å². The Labute approximate surface area is 184 Å². The molecular weight excluding hydrogens is 418 g/mol. The minimum Gasteiger partial charge on any atom is -0.497 e. The van der Waals surface area contributed by atoms with E-state index < -0.39 is 0 Å². The first-order chi connectivity index (χ1) is 14.6. The fourth-order valence-corrected chi connectivity index (χ4v) is 5.13. The fraction of sp³-hybridized carbons (Fsp3) is 0.364. The number of carbonyl (C=O) groups is 1. The van der Waals surface area contributed by atoms with E-state index in [0.717, 1.165) is 65.4 Å². The molecule has 30 heavy (non-hydrogen) atoms. The number of thiophene rings is 1. The molecule has 3 aromatic rings. The van der Waals surface area contributed by atoms with Crippen LogP contribution in [0, 0.1) is 6.92 Å². The largest absolute Gasteiger partial charge is 0.497 e. The summed E-state index contributed by atoms with van der Waals surface area (Å²) in [6.45, 7) is 6.55. The van der Waals surface area contributed by atoms with Crippen molar-refractivity contribution in [1.82, 2.24) is 14.8 Å². The Bertz CT molecular complexity index is 962. The number of thiazole rings is 1. The van der Waals surface area contributed by atoms with Crippen LogP contribution < -0.4 is 9.47 Å². The van der Waals surface area contributed by atoms with Crippen LogP contribution in [0.4, 0.5) is 0 Å². The van der Waals surface area contributed by atoms with E-state index in [-0.39, 0.29) is 5.91 Å². The molecule has 1 aromatic carbocycles. The smallest absolute Gasteiger partial charge is 0.265 e. The van der Waals surface area contributed by atoms with Crippen molar-refractivity contribution in [3.8, 4) is 22.1 Å². The SMILES string of the molecule is COc1ccc(OCCN2CCN(C(=O)c3sc(-c4ccsc4)nc3C)CC2)cc1. The van der Waals surface area contributed by atoms with Crippen LogP contribution >= 0.6 is 22.7 Å². The van der Waals surface area contributed by atoms with Crippen molar-refractivity contribution in [3.05, 3.63) is 51.7 Å². The molecule has 1 amide bonds. The summed E-state index contributed by atoms with van der Waals surface area (Å²) in [6.07, 6.45) is 0. The second-order valence-corrected chi connectivity index (χ2v) is 8.88. The Morgan fingerprint density at radius 3 is 2.50 bits per heavy atom. The minimum absolute atomic E-state index is 0.0978. The number of hydrogen-bond acceptors (Lipinski definition) is 7. The van der Waals surface area contributed by atoms with Gasteiger partial charge in [-0.05, 0) is 42.6 Å². The first-order valence-corrected chi connectivity index (χ1v) is 11.7. The van der Waals surface area contributed by atoms with Crippen molar-refractivity contribution in [2.45, 2.75) is 6.92 Å². The summed E-state index contributed by atoms with van der Waals surface area (Å²) < 4.78 is 11.0. The molecule has 1 saturated heterocycles. The van der Waals surface area contributed by atoms with E-state index in [1.54, 1.807) is 18.4 Å². The molecule has 1 aliphatic rings. The van der Waals surface area contributed by atoms with Gasteiger partial charge in [-0.25, -0.2) is 4.98 Å². The average Bonchev–Trinajstić information content (AvgIpc) is 3.44. The van der Waals surface area contributed by atoms with Gasteiger partial charge in [-0.1, -0.05) is 0 Å². The molecule has 4 rings (SSSR count). The van der Waals surface area contributed by atoms with Crippen LogP contribution in [0.25, 0.3) is 10.6 Å². The minimum atomic E-state index is 0.0978. The summed E-state index contributed by atoms with van der Waals surface area (Å²) in [5.74, 6) is 1.76. The Morgan fingerprint density at radius 2 is 1.83 bits per heavy atom. The zero-order valence-corrected chi connectivity index (χ0v) is 18.8. The van der Waals surface area contributed by atoms with Crippen molar-refractivity contribution in [3.63, 3.8) is 0 Å². The highest BCUT2D eigenvalue weighted by atomic mass is 32.1. The van der Waals surface area contributed by atoms with E-state index in [0.29, 0.717) is 6.61 Å². The normalized spacial score (nSPS) is 14.7. The Morgan fingerprint density at radius 1 is 1.10 bits per heavy atom. The molecule has 0 atom stereocenters. The number of methoxy groups -OCH3 is 1. The molecule has 0 bridgehead atoms. The average molecular weight is 444 g/mol. The summed E-state index contributed by atoms with van der Waals surface area (Å²) in [7, 11) is 1.65. The molecule has 0 aliphatic carbocycles. The predicted octanol–water partition coefficient (Wildman–Crippen LogP) is 4.03. The first kappa shape index (κ1) is 20.8. The van der Waals surface area contributed by atoms with Gasteiger partial charge in [0, 0.05) is 43.7 Å². The lowest BCUT2D eigenvalue weighted by molar-refractivity contribution is 0.0624. The number of benzene rings is 1. The molecule has 2 aromatic heterocycles. The summed E-state index contributed by atoms with van der Waals surface area (Å²) in [4.78, 5) is 22.7. The zero-order chi connectivity index (χ0) is 20.9. The maximum atomic E-state index is 13.0. The summed E-state index contributed by atoms with van der Waals surface area (Å²) in [6, 6.07) is 9.66. The van der Waals surface area contributed by atoms with Gasteiger partial charge < -0.3 is 14.4 Å². The van der Waals surface area contributed by atoms with Gasteiger partial charge in [0.05, 0.1) is 12.8 Å². The molecule has 3 heterocycles. The van der Waals surface area contributed by atoms with E-state index in [4.69, 9.17) is 9.47 Å². The van der Waals surface area contributed by atoms with Crippen LogP contribution in [0.15, 0.2) is 41.1 Å². The zero-order valence-electron chi connectivity index (χ0n) is 17.2. The van der Waals surface area contributed by atoms with E-state index in [9.17, 15) is 4.79 Å². The molecule has 1 fully saturated rings. The van der Waals surface area contributed by atoms with Gasteiger partial charge in [0.15, 0.2) is 0 Å². The second kappa shape index (κ2) is 9.59. The molecular formula is C22H25N3O3S2. The highest BCUT2D eigenvalue weighted by Gasteiger charge is 2.25. The number of hydrogen-bond donors (Lipinski definition) is 0. The van der Waals surface area contributed by atoms with Crippen LogP contribution in [0.5, 0.6) is 11.5 Å². The van der Waals surface area contributed by atoms with E-state index in [1.807, 2.05) is 47.5 Å². The van der Waals surface area contributed by atoms with E-state index in [1.165, 1.54) is 11.3 Å². The molecule has 0 radical (unpaired) electrons. The van der Waals surface area contributed by atoms with Crippen molar-refractivity contribution in [2.24, 2.45) is 0 Å². The van der Waals surface area contributed by atoms with Crippen molar-refractivity contribution in [2.75, 3.05) is 46.4 Å². The second-order valence-electron chi connectivity index (χ2n) is 7.10. The lowest BCUT2D eigenvalue weighted by Crippen LogP contribution is -2.49. The monoisotopic (exact) mass is 443 g/mol. The summed E-state index contributed by atoms with van der Waals surface area (Å²) >= 11 is 3.14. The standard InChI is InChI=1S/C22H25N3O3S2/c1-16-20(30-21(23-16)17-7-14-29-15-17)22(26)25-10-8-24(9-11-25)12-13-28-19-5-3-18(27-2)4-6-19/h3-7,14-15H,8-13H2,1-2H3. The number of aryl methyl sites for hydroxylation is 1. The number of ether oxygens (including phenoxy) is 2. The summed E-state index contributed by atoms with van der Waals surface area (Å²) in [5, 5.41) is 5.02. The molecule has 0 saturated carbocycles. The van der Waals surface area contributed by atoms with Crippen LogP contribution in [0.3, 0.4) is 0 Å². The lowest BCUT2D eigenvalue weighted by atomic mass is 10.2. The highest BCUT2D eigenvalue weighted by Crippen LogP contribution is 2.30. The molecule has 8 heteroatoms. The number of nitrogens with zero attached hydrogens (tertiary/aromatic N) is 3. The van der Waals surface area contributed by atoms with Crippen LogP contribution in [-0.2, 0) is 0 Å². The fourth-order valence-electron chi connectivity index (χ4n) is 3.39. The number of aromatic nitrogens is 1. The molecule has 0 N–H and O–H groups in total. The van der Waals surface area contributed by atoms with Crippen molar-refractivity contribution >= 4 is 28.6 Å². The van der Waals surface area contributed by atoms with Gasteiger partial charge in [-0.3, -0.25) is 9.69 Å². The van der Waals surface area contributed by atoms with E-state index >= 15 is 0 Å². The molecule has 158 valence electrons. The Kier molecular flexibility index (Phi) is 6.66. The maximum Gasteiger partial charge on any atom is 0.265 e. The number of piperazine rings is 1. The number of carbonyl (C=O) groups excluding carboxylic acids is 1. The quantitative estimate of drug-likeness (QED) is 0.552. The third-order valence-corrected chi connectivity index (χ3v) is 7.03. The topological polar surface area (TPSA) is 54.9 Å². The third kappa shape index (κ3) is 4.83. The number of rotatable bonds is 7. The molecule has 0 unspecified atom stereocenters. The maximum absolute atomic E-state index is 13.0. The van der Waals surface area contributed by atoms with Gasteiger partial charge >= 0.3 is 0 Å². The van der Waals surface area contributed by atoms with Gasteiger partial charge in [0.25, 0.3) is 5.91 Å². The molecule has 6 nitrogen and oxygen atoms in total. The van der Waals surface area contributed by atoms with Gasteiger partial charge in [0.1, 0.15) is 28.0 Å². The number of amides is 1. The lowest BCUT2D eigenvalue weighted by Gasteiger charge is -2.34. The van der Waals surface area contributed by atoms with Gasteiger partial charge in [0.2, 0.25) is 0 Å². The van der Waals surface area contributed by atoms with Crippen LogP contribution in [0.2, 0.25) is 0 Å². The molecule has 0 spiro atoms. The first-order valence-electron chi connectivity index (χ1n) is 9.92. The van der Waals surface area contributed by atoms with Crippen LogP contribution in [-0.4, -0.2) is 67.1 Å². The predicted molar refractivity (Wildman–Crippen MR) is 121 cm³/mol. The molecule has 1 aliphatic heterocycles. The highest BCUT2D eigenvalue weighted by molar-refractivity contribution is 7.17. The Balaban J connectivity index is 1.25. The summed E-state index contributed by atoms with van der Waals surface area (Å²) in [5.41, 5.74) is 1.91. The van der Waals surface area contributed by atoms with Crippen molar-refractivity contribution < 1.29 is 14.3 Å². The third-order valence-electron chi connectivity index (χ3n) is 5.15. The van der Waals surface area contributed by atoms with Crippen LogP contribution in [0.1, 0.15) is 15.4 Å². The van der Waals surface area contributed by atoms with Crippen molar-refractivity contribution in [1.29, 1.82) is 0 Å². The Hall–Kier alpha value is -2.42. The van der Waals surface area contributed by atoms with Gasteiger partial charge in [-0.15, -0.1) is 11.3 Å².